The molecule has 0 saturated carbocycles. The van der Waals surface area contributed by atoms with Gasteiger partial charge in [-0.25, -0.2) is 4.63 Å². The minimum atomic E-state index is -0.478. The number of aliphatic hydroxyl groups is 1. The Morgan fingerprint density at radius 2 is 2.04 bits per heavy atom. The molecule has 1 fully saturated rings. The molecule has 2 N–H and O–H groups in total. The van der Waals surface area contributed by atoms with Crippen LogP contribution >= 0.6 is 0 Å². The normalized spacial score (nSPS) is 15.1. The second-order valence-electron chi connectivity index (χ2n) is 5.56. The molecule has 1 aromatic carbocycles. The van der Waals surface area contributed by atoms with Crippen LogP contribution in [-0.2, 0) is 0 Å². The van der Waals surface area contributed by atoms with Crippen molar-refractivity contribution in [3.8, 4) is 0 Å². The van der Waals surface area contributed by atoms with Crippen LogP contribution in [0.25, 0.3) is 11.0 Å². The van der Waals surface area contributed by atoms with Gasteiger partial charge in [0.25, 0.3) is 0 Å². The molecular formula is C14H19N5O4. The Bertz CT molecular complexity index is 696. The number of anilines is 2. The van der Waals surface area contributed by atoms with Gasteiger partial charge in [0, 0.05) is 26.2 Å². The van der Waals surface area contributed by atoms with Crippen LogP contribution in [0.2, 0.25) is 0 Å². The van der Waals surface area contributed by atoms with E-state index >= 15 is 0 Å². The Kier molecular flexibility index (Phi) is 4.56. The largest absolute Gasteiger partial charge is 0.396 e. The molecule has 9 heteroatoms. The van der Waals surface area contributed by atoms with Gasteiger partial charge in [-0.15, -0.1) is 0 Å². The van der Waals surface area contributed by atoms with E-state index in [0.29, 0.717) is 24.2 Å². The molecule has 0 spiro atoms. The van der Waals surface area contributed by atoms with Crippen LogP contribution in [0.4, 0.5) is 17.1 Å². The smallest absolute Gasteiger partial charge is 0.323 e. The quantitative estimate of drug-likeness (QED) is 0.470. The van der Waals surface area contributed by atoms with Crippen LogP contribution in [0.1, 0.15) is 25.7 Å². The molecule has 23 heavy (non-hydrogen) atoms. The lowest BCUT2D eigenvalue weighted by atomic mass is 10.1. The highest BCUT2D eigenvalue weighted by molar-refractivity contribution is 5.99. The molecule has 0 radical (unpaired) electrons. The van der Waals surface area contributed by atoms with Gasteiger partial charge in [0.1, 0.15) is 5.69 Å². The lowest BCUT2D eigenvalue weighted by molar-refractivity contribution is -0.382. The maximum Gasteiger partial charge on any atom is 0.323 e. The number of nitrogens with one attached hydrogen (secondary N) is 1. The predicted molar refractivity (Wildman–Crippen MR) is 84.7 cm³/mol. The molecular weight excluding hydrogens is 302 g/mol. The Labute approximate surface area is 132 Å². The standard InChI is InChI=1S/C14H19N5O4/c20-8-4-5-15-10-9-11(18-6-2-1-3-7-18)12-13(17-23-16-12)14(10)19(21)22/h9,15,20H,1-8H2. The average Bonchev–Trinajstić information content (AvgIpc) is 3.03. The van der Waals surface area contributed by atoms with Crippen molar-refractivity contribution in [3.05, 3.63) is 16.2 Å². The summed E-state index contributed by atoms with van der Waals surface area (Å²) in [7, 11) is 0. The third-order valence-electron chi connectivity index (χ3n) is 4.02. The van der Waals surface area contributed by atoms with Crippen LogP contribution in [0.3, 0.4) is 0 Å². The maximum absolute atomic E-state index is 11.4. The molecule has 3 rings (SSSR count). The monoisotopic (exact) mass is 321 g/mol. The second kappa shape index (κ2) is 6.78. The van der Waals surface area contributed by atoms with Gasteiger partial charge in [-0.3, -0.25) is 10.1 Å². The van der Waals surface area contributed by atoms with Crippen molar-refractivity contribution in [3.63, 3.8) is 0 Å². The van der Waals surface area contributed by atoms with E-state index in [2.05, 4.69) is 20.5 Å². The van der Waals surface area contributed by atoms with Crippen molar-refractivity contribution in [1.82, 2.24) is 10.3 Å². The van der Waals surface area contributed by atoms with Crippen molar-refractivity contribution in [2.75, 3.05) is 36.5 Å². The molecule has 1 aliphatic rings. The van der Waals surface area contributed by atoms with Crippen LogP contribution in [0, 0.1) is 10.1 Å². The molecule has 0 aliphatic carbocycles. The number of nitrogens with zero attached hydrogens (tertiary/aromatic N) is 4. The minimum Gasteiger partial charge on any atom is -0.396 e. The Balaban J connectivity index is 2.07. The lowest BCUT2D eigenvalue weighted by Crippen LogP contribution is -2.29. The fourth-order valence-corrected chi connectivity index (χ4v) is 2.91. The first kappa shape index (κ1) is 15.5. The van der Waals surface area contributed by atoms with Crippen LogP contribution < -0.4 is 10.2 Å². The third kappa shape index (κ3) is 3.04. The van der Waals surface area contributed by atoms with Gasteiger partial charge in [-0.1, -0.05) is 0 Å². The van der Waals surface area contributed by atoms with E-state index < -0.39 is 4.92 Å². The van der Waals surface area contributed by atoms with E-state index in [4.69, 9.17) is 9.74 Å². The molecule has 1 aromatic heterocycles. The number of rotatable bonds is 6. The molecule has 2 aromatic rings. The van der Waals surface area contributed by atoms with Gasteiger partial charge in [-0.2, -0.15) is 0 Å². The van der Waals surface area contributed by atoms with Gasteiger partial charge >= 0.3 is 5.69 Å². The molecule has 0 unspecified atom stereocenters. The number of nitro groups is 1. The maximum atomic E-state index is 11.4. The van der Waals surface area contributed by atoms with Gasteiger partial charge < -0.3 is 15.3 Å². The summed E-state index contributed by atoms with van der Waals surface area (Å²) >= 11 is 0. The van der Waals surface area contributed by atoms with Crippen LogP contribution in [-0.4, -0.2) is 46.6 Å². The number of nitro benzene ring substituents is 1. The van der Waals surface area contributed by atoms with Gasteiger partial charge in [0.2, 0.25) is 5.52 Å². The second-order valence-corrected chi connectivity index (χ2v) is 5.56. The summed E-state index contributed by atoms with van der Waals surface area (Å²) in [6.45, 7) is 2.23. The number of piperidine rings is 1. The number of fused-ring (bicyclic) bond motifs is 1. The fourth-order valence-electron chi connectivity index (χ4n) is 2.91. The van der Waals surface area contributed by atoms with Crippen LogP contribution in [0.15, 0.2) is 10.7 Å². The molecule has 9 nitrogen and oxygen atoms in total. The topological polar surface area (TPSA) is 118 Å². The number of hydrogen-bond acceptors (Lipinski definition) is 8. The number of aromatic nitrogens is 2. The summed E-state index contributed by atoms with van der Waals surface area (Å²) in [5.41, 5.74) is 1.63. The zero-order valence-electron chi connectivity index (χ0n) is 12.7. The first-order valence-electron chi connectivity index (χ1n) is 7.75. The lowest BCUT2D eigenvalue weighted by Gasteiger charge is -2.29. The third-order valence-corrected chi connectivity index (χ3v) is 4.02. The van der Waals surface area contributed by atoms with E-state index in [9.17, 15) is 10.1 Å². The number of benzene rings is 1. The van der Waals surface area contributed by atoms with Crippen molar-refractivity contribution in [2.45, 2.75) is 25.7 Å². The summed E-state index contributed by atoms with van der Waals surface area (Å²) in [5, 5.41) is 31.0. The van der Waals surface area contributed by atoms with E-state index in [-0.39, 0.29) is 17.8 Å². The van der Waals surface area contributed by atoms with E-state index in [0.717, 1.165) is 31.6 Å². The highest BCUT2D eigenvalue weighted by atomic mass is 16.6. The van der Waals surface area contributed by atoms with Crippen LogP contribution in [0.5, 0.6) is 0 Å². The summed E-state index contributed by atoms with van der Waals surface area (Å²) in [4.78, 5) is 13.1. The molecule has 1 saturated heterocycles. The molecule has 0 atom stereocenters. The molecule has 0 amide bonds. The summed E-state index contributed by atoms with van der Waals surface area (Å²) < 4.78 is 4.77. The Morgan fingerprint density at radius 3 is 2.74 bits per heavy atom. The van der Waals surface area contributed by atoms with Crippen molar-refractivity contribution >= 4 is 28.1 Å². The van der Waals surface area contributed by atoms with Crippen molar-refractivity contribution in [2.24, 2.45) is 0 Å². The van der Waals surface area contributed by atoms with E-state index in [1.807, 2.05) is 0 Å². The SMILES string of the molecule is O=[N+]([O-])c1c(NCCCO)cc(N2CCCCC2)c2nonc12. The Hall–Kier alpha value is -2.42. The zero-order valence-corrected chi connectivity index (χ0v) is 12.7. The van der Waals surface area contributed by atoms with Gasteiger partial charge in [0.05, 0.1) is 10.6 Å². The molecule has 2 heterocycles. The van der Waals surface area contributed by atoms with Gasteiger partial charge in [0.15, 0.2) is 5.52 Å². The first-order valence-corrected chi connectivity index (χ1v) is 7.75. The summed E-state index contributed by atoms with van der Waals surface area (Å²) in [6, 6.07) is 1.74. The van der Waals surface area contributed by atoms with E-state index in [1.54, 1.807) is 6.07 Å². The highest BCUT2D eigenvalue weighted by Gasteiger charge is 2.28. The van der Waals surface area contributed by atoms with Crippen molar-refractivity contribution in [1.29, 1.82) is 0 Å². The van der Waals surface area contributed by atoms with E-state index in [1.165, 1.54) is 6.42 Å². The predicted octanol–water partition coefficient (Wildman–Crippen LogP) is 1.92. The van der Waals surface area contributed by atoms with Crippen molar-refractivity contribution < 1.29 is 14.7 Å². The minimum absolute atomic E-state index is 0.0214. The summed E-state index contributed by atoms with van der Waals surface area (Å²) in [5.74, 6) is 0. The fraction of sp³-hybridized carbons (Fsp3) is 0.571. The first-order chi connectivity index (χ1) is 11.2. The zero-order chi connectivity index (χ0) is 16.2. The average molecular weight is 321 g/mol. The Morgan fingerprint density at radius 1 is 1.30 bits per heavy atom. The number of aliphatic hydroxyl groups excluding tert-OH is 1. The highest BCUT2D eigenvalue weighted by Crippen LogP contribution is 2.39. The summed E-state index contributed by atoms with van der Waals surface area (Å²) in [6.07, 6.45) is 3.85. The molecule has 0 bridgehead atoms. The van der Waals surface area contributed by atoms with Gasteiger partial charge in [-0.05, 0) is 42.1 Å². The molecule has 1 aliphatic heterocycles. The molecule has 124 valence electrons. The number of hydrogen-bond donors (Lipinski definition) is 2.